The highest BCUT2D eigenvalue weighted by Crippen LogP contribution is 2.10. The molecule has 0 heterocycles. The van der Waals surface area contributed by atoms with Gasteiger partial charge in [-0.15, -0.1) is 6.58 Å². The molecular formula is C17H26FN3O. The lowest BCUT2D eigenvalue weighted by molar-refractivity contribution is 0.310. The maximum absolute atomic E-state index is 12.8. The second-order valence-electron chi connectivity index (χ2n) is 4.98. The SMILES string of the molecule is C=CCCCN(C)C(=NC)NCCCOc1ccc(F)cc1. The van der Waals surface area contributed by atoms with E-state index in [1.807, 2.05) is 13.1 Å². The Morgan fingerprint density at radius 1 is 1.36 bits per heavy atom. The number of nitrogens with one attached hydrogen (secondary N) is 1. The van der Waals surface area contributed by atoms with Crippen molar-refractivity contribution in [2.75, 3.05) is 33.8 Å². The zero-order valence-electron chi connectivity index (χ0n) is 13.5. The Morgan fingerprint density at radius 2 is 2.09 bits per heavy atom. The van der Waals surface area contributed by atoms with Gasteiger partial charge in [-0.05, 0) is 43.5 Å². The van der Waals surface area contributed by atoms with Crippen molar-refractivity contribution >= 4 is 5.96 Å². The summed E-state index contributed by atoms with van der Waals surface area (Å²) in [6, 6.07) is 6.06. The standard InChI is InChI=1S/C17H26FN3O/c1-4-5-6-13-21(3)17(19-2)20-12-7-14-22-16-10-8-15(18)9-11-16/h4,8-11H,1,5-7,12-14H2,2-3H3,(H,19,20). The number of ether oxygens (including phenoxy) is 1. The monoisotopic (exact) mass is 307 g/mol. The number of hydrogen-bond donors (Lipinski definition) is 1. The van der Waals surface area contributed by atoms with Crippen molar-refractivity contribution in [1.82, 2.24) is 10.2 Å². The summed E-state index contributed by atoms with van der Waals surface area (Å²) in [4.78, 5) is 6.36. The lowest BCUT2D eigenvalue weighted by Gasteiger charge is -2.21. The third-order valence-electron chi connectivity index (χ3n) is 3.16. The normalized spacial score (nSPS) is 11.1. The third kappa shape index (κ3) is 7.11. The quantitative estimate of drug-likeness (QED) is 0.330. The number of nitrogens with zero attached hydrogens (tertiary/aromatic N) is 2. The van der Waals surface area contributed by atoms with Crippen molar-refractivity contribution in [2.45, 2.75) is 19.3 Å². The molecule has 0 aromatic heterocycles. The molecule has 1 N–H and O–H groups in total. The first-order chi connectivity index (χ1) is 10.7. The topological polar surface area (TPSA) is 36.9 Å². The summed E-state index contributed by atoms with van der Waals surface area (Å²) >= 11 is 0. The molecule has 22 heavy (non-hydrogen) atoms. The van der Waals surface area contributed by atoms with Crippen LogP contribution in [0.25, 0.3) is 0 Å². The highest BCUT2D eigenvalue weighted by Gasteiger charge is 2.04. The van der Waals surface area contributed by atoms with Crippen LogP contribution in [-0.4, -0.2) is 44.7 Å². The molecule has 0 saturated carbocycles. The zero-order chi connectivity index (χ0) is 16.2. The van der Waals surface area contributed by atoms with Crippen LogP contribution in [0.2, 0.25) is 0 Å². The summed E-state index contributed by atoms with van der Waals surface area (Å²) in [6.45, 7) is 6.02. The average molecular weight is 307 g/mol. The van der Waals surface area contributed by atoms with E-state index in [-0.39, 0.29) is 5.82 Å². The fraction of sp³-hybridized carbons (Fsp3) is 0.471. The Hall–Kier alpha value is -2.04. The van der Waals surface area contributed by atoms with Crippen LogP contribution in [0, 0.1) is 5.82 Å². The number of rotatable bonds is 9. The van der Waals surface area contributed by atoms with Gasteiger partial charge in [-0.25, -0.2) is 4.39 Å². The molecule has 0 unspecified atom stereocenters. The number of halogens is 1. The highest BCUT2D eigenvalue weighted by atomic mass is 19.1. The molecule has 0 fully saturated rings. The van der Waals surface area contributed by atoms with Crippen molar-refractivity contribution in [1.29, 1.82) is 0 Å². The van der Waals surface area contributed by atoms with Crippen LogP contribution in [0.15, 0.2) is 41.9 Å². The van der Waals surface area contributed by atoms with E-state index in [4.69, 9.17) is 4.74 Å². The van der Waals surface area contributed by atoms with Gasteiger partial charge in [-0.1, -0.05) is 6.08 Å². The Bertz CT molecular complexity index is 459. The molecule has 4 nitrogen and oxygen atoms in total. The molecule has 0 amide bonds. The van der Waals surface area contributed by atoms with E-state index in [9.17, 15) is 4.39 Å². The summed E-state index contributed by atoms with van der Waals surface area (Å²) in [7, 11) is 3.80. The predicted molar refractivity (Wildman–Crippen MR) is 89.9 cm³/mol. The van der Waals surface area contributed by atoms with Gasteiger partial charge >= 0.3 is 0 Å². The number of unbranched alkanes of at least 4 members (excludes halogenated alkanes) is 1. The molecule has 1 rings (SSSR count). The van der Waals surface area contributed by atoms with Gasteiger partial charge in [0, 0.05) is 27.2 Å². The molecule has 0 spiro atoms. The molecule has 0 aliphatic heterocycles. The minimum absolute atomic E-state index is 0.252. The highest BCUT2D eigenvalue weighted by molar-refractivity contribution is 5.79. The van der Waals surface area contributed by atoms with E-state index in [1.165, 1.54) is 12.1 Å². The smallest absolute Gasteiger partial charge is 0.193 e. The summed E-state index contributed by atoms with van der Waals surface area (Å²) in [5, 5.41) is 3.30. The first-order valence-electron chi connectivity index (χ1n) is 7.58. The summed E-state index contributed by atoms with van der Waals surface area (Å²) < 4.78 is 18.3. The van der Waals surface area contributed by atoms with Crippen LogP contribution < -0.4 is 10.1 Å². The third-order valence-corrected chi connectivity index (χ3v) is 3.16. The fourth-order valence-corrected chi connectivity index (χ4v) is 1.96. The Balaban J connectivity index is 2.18. The average Bonchev–Trinajstić information content (AvgIpc) is 2.52. The van der Waals surface area contributed by atoms with Crippen LogP contribution >= 0.6 is 0 Å². The molecule has 1 aromatic carbocycles. The van der Waals surface area contributed by atoms with Crippen LogP contribution in [0.1, 0.15) is 19.3 Å². The zero-order valence-corrected chi connectivity index (χ0v) is 13.5. The van der Waals surface area contributed by atoms with Gasteiger partial charge in [0.25, 0.3) is 0 Å². The first kappa shape index (κ1) is 18.0. The van der Waals surface area contributed by atoms with Crippen molar-refractivity contribution in [3.8, 4) is 5.75 Å². The predicted octanol–water partition coefficient (Wildman–Crippen LogP) is 3.07. The van der Waals surface area contributed by atoms with Crippen LogP contribution in [-0.2, 0) is 0 Å². The van der Waals surface area contributed by atoms with Crippen LogP contribution in [0.3, 0.4) is 0 Å². The lowest BCUT2D eigenvalue weighted by Crippen LogP contribution is -2.40. The molecule has 5 heteroatoms. The second-order valence-corrected chi connectivity index (χ2v) is 4.98. The van der Waals surface area contributed by atoms with Gasteiger partial charge < -0.3 is 15.0 Å². The van der Waals surface area contributed by atoms with Crippen molar-refractivity contribution < 1.29 is 9.13 Å². The van der Waals surface area contributed by atoms with Gasteiger partial charge in [0.2, 0.25) is 0 Å². The maximum atomic E-state index is 12.8. The molecule has 0 radical (unpaired) electrons. The summed E-state index contributed by atoms with van der Waals surface area (Å²) in [5.74, 6) is 1.32. The number of hydrogen-bond acceptors (Lipinski definition) is 2. The van der Waals surface area contributed by atoms with Crippen molar-refractivity contribution in [3.63, 3.8) is 0 Å². The van der Waals surface area contributed by atoms with Gasteiger partial charge in [0.05, 0.1) is 6.61 Å². The lowest BCUT2D eigenvalue weighted by atomic mass is 10.3. The molecule has 0 atom stereocenters. The Kier molecular flexibility index (Phi) is 8.72. The summed E-state index contributed by atoms with van der Waals surface area (Å²) in [6.07, 6.45) is 4.84. The van der Waals surface area contributed by atoms with Gasteiger partial charge in [0.1, 0.15) is 11.6 Å². The number of aliphatic imine (C=N–C) groups is 1. The molecule has 1 aromatic rings. The van der Waals surface area contributed by atoms with Crippen molar-refractivity contribution in [2.24, 2.45) is 4.99 Å². The number of allylic oxidation sites excluding steroid dienone is 1. The number of guanidine groups is 1. The van der Waals surface area contributed by atoms with Gasteiger partial charge in [-0.2, -0.15) is 0 Å². The number of benzene rings is 1. The Morgan fingerprint density at radius 3 is 2.73 bits per heavy atom. The fourth-order valence-electron chi connectivity index (χ4n) is 1.96. The van der Waals surface area contributed by atoms with E-state index in [1.54, 1.807) is 19.2 Å². The van der Waals surface area contributed by atoms with Crippen molar-refractivity contribution in [3.05, 3.63) is 42.7 Å². The van der Waals surface area contributed by atoms with E-state index >= 15 is 0 Å². The van der Waals surface area contributed by atoms with E-state index in [0.717, 1.165) is 38.3 Å². The minimum atomic E-state index is -0.252. The largest absolute Gasteiger partial charge is 0.494 e. The second kappa shape index (κ2) is 10.7. The molecule has 0 bridgehead atoms. The molecule has 122 valence electrons. The van der Waals surface area contributed by atoms with E-state index in [0.29, 0.717) is 12.4 Å². The van der Waals surface area contributed by atoms with Crippen LogP contribution in [0.4, 0.5) is 4.39 Å². The summed E-state index contributed by atoms with van der Waals surface area (Å²) in [5.41, 5.74) is 0. The first-order valence-corrected chi connectivity index (χ1v) is 7.58. The van der Waals surface area contributed by atoms with E-state index < -0.39 is 0 Å². The molecule has 0 saturated heterocycles. The van der Waals surface area contributed by atoms with Gasteiger partial charge in [0.15, 0.2) is 5.96 Å². The molecule has 0 aliphatic rings. The minimum Gasteiger partial charge on any atom is -0.494 e. The molecular weight excluding hydrogens is 281 g/mol. The maximum Gasteiger partial charge on any atom is 0.193 e. The van der Waals surface area contributed by atoms with E-state index in [2.05, 4.69) is 21.8 Å². The molecule has 0 aliphatic carbocycles. The van der Waals surface area contributed by atoms with Gasteiger partial charge in [-0.3, -0.25) is 4.99 Å². The van der Waals surface area contributed by atoms with Crippen LogP contribution in [0.5, 0.6) is 5.75 Å². The Labute approximate surface area is 132 Å².